The summed E-state index contributed by atoms with van der Waals surface area (Å²) in [5.74, 6) is 1.18. The Hall–Kier alpha value is -5.82. The van der Waals surface area contributed by atoms with Crippen molar-refractivity contribution in [1.82, 2.24) is 24.2 Å². The number of hydrogen-bond donors (Lipinski definition) is 2. The summed E-state index contributed by atoms with van der Waals surface area (Å²) >= 11 is 0. The molecule has 3 heterocycles. The number of carbonyl (C=O) groups is 1. The van der Waals surface area contributed by atoms with Gasteiger partial charge in [0.15, 0.2) is 23.2 Å². The van der Waals surface area contributed by atoms with Crippen molar-refractivity contribution in [3.8, 4) is 17.6 Å². The van der Waals surface area contributed by atoms with Gasteiger partial charge in [0.1, 0.15) is 41.7 Å². The standard InChI is InChI=1S/C47H52N7O8P/c1-31(2)54(32(3)4)63(60-27-13-26-48)62-42-39(61-46(41(42)55)53-30-51-40-43(49-29-50-44(40)53)52-45(56)33-14-9-7-10-15-33)28-59-47(34-16-11-8-12-17-34,35-18-22-37(57-5)23-19-35)36-20-24-38(58-6)25-21-36/h7-12,14-25,29-32,39,41-42,46,55H,13,27-28H2,1-6H3,(H,49,50,52,56). The number of rotatable bonds is 19. The van der Waals surface area contributed by atoms with Gasteiger partial charge in [-0.25, -0.2) is 19.6 Å². The van der Waals surface area contributed by atoms with E-state index in [-0.39, 0.29) is 43.4 Å². The van der Waals surface area contributed by atoms with Crippen LogP contribution < -0.4 is 14.8 Å². The predicted octanol–water partition coefficient (Wildman–Crippen LogP) is 8.02. The minimum absolute atomic E-state index is 0.0159. The van der Waals surface area contributed by atoms with Crippen molar-refractivity contribution < 1.29 is 37.9 Å². The van der Waals surface area contributed by atoms with E-state index in [4.69, 9.17) is 28.0 Å². The smallest absolute Gasteiger partial charge is 0.259 e. The van der Waals surface area contributed by atoms with Crippen molar-refractivity contribution in [2.75, 3.05) is 32.8 Å². The number of nitrogens with one attached hydrogen (secondary N) is 1. The van der Waals surface area contributed by atoms with Gasteiger partial charge < -0.3 is 38.4 Å². The molecule has 16 heteroatoms. The number of methoxy groups -OCH3 is 2. The summed E-state index contributed by atoms with van der Waals surface area (Å²) in [6.45, 7) is 8.21. The van der Waals surface area contributed by atoms with Gasteiger partial charge >= 0.3 is 0 Å². The molecular formula is C47H52N7O8P. The zero-order valence-electron chi connectivity index (χ0n) is 36.1. The van der Waals surface area contributed by atoms with Crippen LogP contribution in [0.25, 0.3) is 11.2 Å². The molecule has 2 aromatic heterocycles. The molecule has 5 atom stereocenters. The number of amides is 1. The van der Waals surface area contributed by atoms with Gasteiger partial charge in [0.2, 0.25) is 0 Å². The zero-order chi connectivity index (χ0) is 44.5. The number of benzene rings is 4. The summed E-state index contributed by atoms with van der Waals surface area (Å²) in [4.78, 5) is 26.6. The highest BCUT2D eigenvalue weighted by Gasteiger charge is 2.50. The van der Waals surface area contributed by atoms with E-state index < -0.39 is 38.7 Å². The van der Waals surface area contributed by atoms with Crippen LogP contribution in [0, 0.1) is 11.3 Å². The first kappa shape index (κ1) is 45.2. The number of carbonyl (C=O) groups excluding carboxylic acids is 1. The van der Waals surface area contributed by atoms with Crippen LogP contribution in [0.1, 0.15) is 67.4 Å². The Morgan fingerprint density at radius 1 is 0.873 bits per heavy atom. The number of imidazole rings is 1. The highest BCUT2D eigenvalue weighted by molar-refractivity contribution is 7.44. The fourth-order valence-electron chi connectivity index (χ4n) is 7.79. The zero-order valence-corrected chi connectivity index (χ0v) is 37.0. The first-order valence-electron chi connectivity index (χ1n) is 20.7. The topological polar surface area (TPSA) is 175 Å². The van der Waals surface area contributed by atoms with E-state index in [1.54, 1.807) is 43.1 Å². The van der Waals surface area contributed by atoms with Gasteiger partial charge in [-0.3, -0.25) is 9.36 Å². The summed E-state index contributed by atoms with van der Waals surface area (Å²) in [6.07, 6.45) is -1.37. The second-order valence-corrected chi connectivity index (χ2v) is 16.8. The van der Waals surface area contributed by atoms with Gasteiger partial charge in [-0.2, -0.15) is 5.26 Å². The van der Waals surface area contributed by atoms with E-state index in [9.17, 15) is 15.2 Å². The van der Waals surface area contributed by atoms with Crippen LogP contribution in [0.4, 0.5) is 5.82 Å². The molecule has 1 aliphatic heterocycles. The average Bonchev–Trinajstić information content (AvgIpc) is 3.87. The monoisotopic (exact) mass is 873 g/mol. The van der Waals surface area contributed by atoms with Gasteiger partial charge in [-0.15, -0.1) is 0 Å². The van der Waals surface area contributed by atoms with Crippen LogP contribution in [-0.2, 0) is 24.1 Å². The van der Waals surface area contributed by atoms with Gasteiger partial charge in [-0.05, 0) is 80.8 Å². The van der Waals surface area contributed by atoms with Crippen molar-refractivity contribution in [2.24, 2.45) is 0 Å². The molecule has 1 saturated heterocycles. The molecule has 0 radical (unpaired) electrons. The second-order valence-electron chi connectivity index (χ2n) is 15.4. The Bertz CT molecular complexity index is 2400. The van der Waals surface area contributed by atoms with Gasteiger partial charge in [0.05, 0.1) is 46.3 Å². The molecule has 6 aromatic rings. The fraction of sp³-hybridized carbons (Fsp3) is 0.340. The molecule has 0 bridgehead atoms. The predicted molar refractivity (Wildman–Crippen MR) is 238 cm³/mol. The highest BCUT2D eigenvalue weighted by atomic mass is 31.2. The van der Waals surface area contributed by atoms with E-state index in [2.05, 4.69) is 31.0 Å². The molecule has 328 valence electrons. The van der Waals surface area contributed by atoms with Crippen LogP contribution >= 0.6 is 8.53 Å². The first-order valence-corrected chi connectivity index (χ1v) is 21.8. The van der Waals surface area contributed by atoms with Crippen LogP contribution in [-0.4, -0.2) is 93.0 Å². The van der Waals surface area contributed by atoms with Crippen LogP contribution in [0.3, 0.4) is 0 Å². The average molecular weight is 874 g/mol. The minimum Gasteiger partial charge on any atom is -0.497 e. The molecular weight excluding hydrogens is 822 g/mol. The van der Waals surface area contributed by atoms with E-state index in [1.807, 2.05) is 113 Å². The third-order valence-electron chi connectivity index (χ3n) is 10.7. The minimum atomic E-state index is -1.85. The van der Waals surface area contributed by atoms with Crippen molar-refractivity contribution in [1.29, 1.82) is 5.26 Å². The number of aromatic nitrogens is 4. The molecule has 63 heavy (non-hydrogen) atoms. The SMILES string of the molecule is COc1ccc(C(OCC2OC(n3cnc4c(NC(=O)c5ccccc5)ncnc43)C(O)C2OP(OCCC#N)N(C(C)C)C(C)C)(c2ccccc2)c2ccc(OC)cc2)cc1. The molecule has 5 unspecified atom stereocenters. The lowest BCUT2D eigenvalue weighted by Gasteiger charge is -2.39. The third kappa shape index (κ3) is 9.73. The first-order chi connectivity index (χ1) is 30.6. The number of fused-ring (bicyclic) bond motifs is 1. The number of anilines is 1. The maximum atomic E-state index is 13.2. The Balaban J connectivity index is 1.31. The van der Waals surface area contributed by atoms with Crippen LogP contribution in [0.15, 0.2) is 122 Å². The van der Waals surface area contributed by atoms with Gasteiger partial charge in [-0.1, -0.05) is 72.8 Å². The van der Waals surface area contributed by atoms with Crippen LogP contribution in [0.2, 0.25) is 0 Å². The molecule has 0 aliphatic carbocycles. The van der Waals surface area contributed by atoms with Crippen molar-refractivity contribution >= 4 is 31.4 Å². The normalized spacial score (nSPS) is 18.2. The summed E-state index contributed by atoms with van der Waals surface area (Å²) in [6, 6.07) is 36.2. The lowest BCUT2D eigenvalue weighted by Crippen LogP contribution is -2.42. The van der Waals surface area contributed by atoms with Crippen LogP contribution in [0.5, 0.6) is 11.5 Å². The third-order valence-corrected chi connectivity index (χ3v) is 12.9. The summed E-state index contributed by atoms with van der Waals surface area (Å²) < 4.78 is 42.2. The van der Waals surface area contributed by atoms with E-state index in [0.717, 1.165) is 16.7 Å². The molecule has 7 rings (SSSR count). The van der Waals surface area contributed by atoms with Crippen molar-refractivity contribution in [3.05, 3.63) is 144 Å². The summed E-state index contributed by atoms with van der Waals surface area (Å²) in [7, 11) is 1.39. The number of hydrogen-bond acceptors (Lipinski definition) is 13. The molecule has 0 saturated carbocycles. The lowest BCUT2D eigenvalue weighted by molar-refractivity contribution is -0.0928. The molecule has 4 aromatic carbocycles. The lowest BCUT2D eigenvalue weighted by atomic mass is 9.80. The fourth-order valence-corrected chi connectivity index (χ4v) is 9.57. The Morgan fingerprint density at radius 2 is 1.46 bits per heavy atom. The van der Waals surface area contributed by atoms with E-state index >= 15 is 0 Å². The number of aliphatic hydroxyl groups excluding tert-OH is 1. The van der Waals surface area contributed by atoms with Crippen molar-refractivity contribution in [3.63, 3.8) is 0 Å². The van der Waals surface area contributed by atoms with Gasteiger partial charge in [0.25, 0.3) is 14.4 Å². The molecule has 15 nitrogen and oxygen atoms in total. The molecule has 0 spiro atoms. The van der Waals surface area contributed by atoms with Crippen molar-refractivity contribution in [2.45, 2.75) is 76.3 Å². The van der Waals surface area contributed by atoms with E-state index in [1.165, 1.54) is 12.7 Å². The number of ether oxygens (including phenoxy) is 4. The maximum Gasteiger partial charge on any atom is 0.259 e. The maximum absolute atomic E-state index is 13.2. The largest absolute Gasteiger partial charge is 0.497 e. The number of nitrogens with zero attached hydrogens (tertiary/aromatic N) is 6. The molecule has 1 aliphatic rings. The number of aliphatic hydroxyl groups is 1. The Morgan fingerprint density at radius 3 is 2.03 bits per heavy atom. The highest BCUT2D eigenvalue weighted by Crippen LogP contribution is 2.51. The summed E-state index contributed by atoms with van der Waals surface area (Å²) in [5.41, 5.74) is 2.29. The molecule has 1 fully saturated rings. The van der Waals surface area contributed by atoms with E-state index in [0.29, 0.717) is 28.2 Å². The Kier molecular flexibility index (Phi) is 14.8. The molecule has 1 amide bonds. The van der Waals surface area contributed by atoms with Gasteiger partial charge in [0, 0.05) is 17.6 Å². The second kappa shape index (κ2) is 20.6. The number of nitriles is 1. The Labute approximate surface area is 368 Å². The quantitative estimate of drug-likeness (QED) is 0.0455. The molecule has 2 N–H and O–H groups in total. The summed E-state index contributed by atoms with van der Waals surface area (Å²) in [5, 5.41) is 24.8.